The lowest BCUT2D eigenvalue weighted by Crippen LogP contribution is -2.65. The summed E-state index contributed by atoms with van der Waals surface area (Å²) in [5.74, 6) is -2.94. The molecule has 12 N–H and O–H groups in total. The summed E-state index contributed by atoms with van der Waals surface area (Å²) in [4.78, 5) is 67.8. The highest BCUT2D eigenvalue weighted by Gasteiger charge is 2.68. The molecule has 4 fully saturated rings. The van der Waals surface area contributed by atoms with Crippen molar-refractivity contribution in [2.24, 2.45) is 28.7 Å². The van der Waals surface area contributed by atoms with Gasteiger partial charge in [0.25, 0.3) is 5.91 Å². The number of rotatable bonds is 22. The van der Waals surface area contributed by atoms with E-state index in [4.69, 9.17) is 26.5 Å². The maximum absolute atomic E-state index is 13.7. The highest BCUT2D eigenvalue weighted by atomic mass is 16.7. The largest absolute Gasteiger partial charge is 0.481 e. The molecule has 2 bridgehead atoms. The number of anilines is 1. The Balaban J connectivity index is 1.16. The third kappa shape index (κ3) is 11.6. The number of nitrogens with two attached hydrogens (primary N) is 3. The summed E-state index contributed by atoms with van der Waals surface area (Å²) in [5, 5.41) is 24.1. The molecule has 3 saturated carbocycles. The lowest BCUT2D eigenvalue weighted by molar-refractivity contribution is -0.199. The number of unbranched alkanes of at least 4 members (excludes halogenated alkanes) is 2. The Morgan fingerprint density at radius 2 is 1.46 bits per heavy atom. The molecule has 2 aromatic rings. The summed E-state index contributed by atoms with van der Waals surface area (Å²) in [6, 6.07) is 8.39. The molecular formula is C46H71BN8O8. The maximum atomic E-state index is 13.7. The van der Waals surface area contributed by atoms with Crippen molar-refractivity contribution in [3.63, 3.8) is 0 Å². The molecular weight excluding hydrogens is 803 g/mol. The number of aliphatic hydroxyl groups is 1. The predicted molar refractivity (Wildman–Crippen MR) is 244 cm³/mol. The van der Waals surface area contributed by atoms with Crippen molar-refractivity contribution >= 4 is 42.3 Å². The highest BCUT2D eigenvalue weighted by Crippen LogP contribution is 2.65. The topological polar surface area (TPSA) is 262 Å². The second-order valence-corrected chi connectivity index (χ2v) is 18.6. The van der Waals surface area contributed by atoms with Crippen LogP contribution in [0.1, 0.15) is 116 Å². The Kier molecular flexibility index (Phi) is 16.8. The Morgan fingerprint density at radius 1 is 0.794 bits per heavy atom. The Morgan fingerprint density at radius 3 is 2.08 bits per heavy atom. The van der Waals surface area contributed by atoms with Gasteiger partial charge < -0.3 is 58.2 Å². The average molecular weight is 875 g/mol. The minimum atomic E-state index is -1.51. The zero-order valence-electron chi connectivity index (χ0n) is 38.1. The zero-order valence-corrected chi connectivity index (χ0v) is 38.1. The number of amides is 5. The smallest absolute Gasteiger partial charge is 0.404 e. The van der Waals surface area contributed by atoms with E-state index in [2.05, 4.69) is 66.4 Å². The van der Waals surface area contributed by atoms with Crippen LogP contribution < -0.4 is 43.8 Å². The van der Waals surface area contributed by atoms with Crippen LogP contribution >= 0.6 is 0 Å². The molecule has 1 unspecified atom stereocenters. The first-order chi connectivity index (χ1) is 29.8. The normalized spacial score (nSPS) is 23.7. The molecule has 1 aliphatic heterocycles. The van der Waals surface area contributed by atoms with Crippen LogP contribution in [-0.2, 0) is 34.9 Å². The highest BCUT2D eigenvalue weighted by molar-refractivity contribution is 6.47. The van der Waals surface area contributed by atoms with Crippen LogP contribution in [0.25, 0.3) is 11.1 Å². The van der Waals surface area contributed by atoms with Crippen LogP contribution in [0.2, 0.25) is 0 Å². The van der Waals surface area contributed by atoms with Gasteiger partial charge in [-0.15, -0.1) is 0 Å². The van der Waals surface area contributed by atoms with Gasteiger partial charge in [-0.05, 0) is 138 Å². The first-order valence-corrected chi connectivity index (χ1v) is 22.8. The van der Waals surface area contributed by atoms with E-state index in [9.17, 15) is 29.1 Å². The van der Waals surface area contributed by atoms with Crippen molar-refractivity contribution < 1.29 is 38.4 Å². The average Bonchev–Trinajstić information content (AvgIpc) is 3.61. The van der Waals surface area contributed by atoms with Crippen LogP contribution in [0.15, 0.2) is 42.5 Å². The van der Waals surface area contributed by atoms with Gasteiger partial charge >= 0.3 is 7.12 Å². The van der Waals surface area contributed by atoms with E-state index in [0.29, 0.717) is 31.2 Å². The van der Waals surface area contributed by atoms with Crippen molar-refractivity contribution in [1.82, 2.24) is 26.6 Å². The fourth-order valence-electron chi connectivity index (χ4n) is 9.46. The van der Waals surface area contributed by atoms with Crippen LogP contribution in [-0.4, -0.2) is 103 Å². The fourth-order valence-corrected chi connectivity index (χ4v) is 9.46. The third-order valence-electron chi connectivity index (χ3n) is 13.6. The van der Waals surface area contributed by atoms with Crippen molar-refractivity contribution in [2.45, 2.75) is 154 Å². The van der Waals surface area contributed by atoms with Gasteiger partial charge in [-0.3, -0.25) is 24.0 Å². The minimum Gasteiger partial charge on any atom is -0.404 e. The van der Waals surface area contributed by atoms with Crippen molar-refractivity contribution in [3.05, 3.63) is 53.6 Å². The van der Waals surface area contributed by atoms with Crippen molar-refractivity contribution in [1.29, 1.82) is 0 Å². The van der Waals surface area contributed by atoms with Gasteiger partial charge in [-0.1, -0.05) is 57.5 Å². The summed E-state index contributed by atoms with van der Waals surface area (Å²) in [6.45, 7) is 13.8. The van der Waals surface area contributed by atoms with Crippen LogP contribution in [0.4, 0.5) is 5.69 Å². The first-order valence-electron chi connectivity index (χ1n) is 22.8. The molecule has 346 valence electrons. The molecule has 5 amide bonds. The Hall–Kier alpha value is -4.55. The standard InChI is InChI=1S/C46H71BN8O8/c1-8-9-12-29-14-16-30(17-15-29)31-18-19-33(34(50)23-31)41(58)54-36(20-22-49)43(60)55-39(27(3)56)44(61)51-26(2)40(57)53-35(13-10-11-21-48)42(59)52-28(4)47-62-38-25-32-24-37(45(32,5)6)46(38,7)63-47/h14-19,23,26-28,32,35-39,56H,8-13,20-22,24-25,48-50H2,1-7H3,(H,51,61)(H,52,59)(H,53,57)(H,54,58)(H,55,60)/t26-,27?,28-,32-,35-,36-,37-,38+,39-,46-/m0/s1. The molecule has 4 aliphatic rings. The number of aryl methyl sites for hydroxylation is 1. The van der Waals surface area contributed by atoms with E-state index >= 15 is 0 Å². The second-order valence-electron chi connectivity index (χ2n) is 18.6. The van der Waals surface area contributed by atoms with E-state index in [1.807, 2.05) is 19.1 Å². The number of aliphatic hydroxyl groups excluding tert-OH is 1. The summed E-state index contributed by atoms with van der Waals surface area (Å²) in [7, 11) is -0.656. The molecule has 0 radical (unpaired) electrons. The van der Waals surface area contributed by atoms with E-state index in [0.717, 1.165) is 43.2 Å². The monoisotopic (exact) mass is 875 g/mol. The van der Waals surface area contributed by atoms with E-state index in [1.54, 1.807) is 18.2 Å². The lowest BCUT2D eigenvalue weighted by Gasteiger charge is -2.64. The van der Waals surface area contributed by atoms with Crippen LogP contribution in [0.5, 0.6) is 0 Å². The van der Waals surface area contributed by atoms with Crippen LogP contribution in [0.3, 0.4) is 0 Å². The third-order valence-corrected chi connectivity index (χ3v) is 13.6. The molecule has 0 aromatic heterocycles. The molecule has 16 nitrogen and oxygen atoms in total. The molecule has 1 saturated heterocycles. The first kappa shape index (κ1) is 49.5. The summed E-state index contributed by atoms with van der Waals surface area (Å²) >= 11 is 0. The summed E-state index contributed by atoms with van der Waals surface area (Å²) in [5.41, 5.74) is 20.9. The minimum absolute atomic E-state index is 0.0111. The molecule has 10 atom stereocenters. The fraction of sp³-hybridized carbons (Fsp3) is 0.630. The number of benzene rings is 2. The molecule has 17 heteroatoms. The number of nitrogen functional groups attached to an aromatic ring is 1. The van der Waals surface area contributed by atoms with E-state index in [1.165, 1.54) is 19.4 Å². The van der Waals surface area contributed by atoms with E-state index in [-0.39, 0.29) is 42.2 Å². The molecule has 63 heavy (non-hydrogen) atoms. The molecule has 6 rings (SSSR count). The number of hydrogen-bond acceptors (Lipinski definition) is 11. The molecule has 1 heterocycles. The molecule has 2 aromatic carbocycles. The molecule has 0 spiro atoms. The lowest BCUT2D eigenvalue weighted by atomic mass is 9.43. The van der Waals surface area contributed by atoms with Gasteiger partial charge in [0.2, 0.25) is 23.6 Å². The number of carbonyl (C=O) groups is 5. The van der Waals surface area contributed by atoms with Crippen molar-refractivity contribution in [2.75, 3.05) is 18.8 Å². The molecule has 3 aliphatic carbocycles. The van der Waals surface area contributed by atoms with Gasteiger partial charge in [0, 0.05) is 5.69 Å². The SMILES string of the molecule is CCCCc1ccc(-c2ccc(C(=O)N[C@@H](CCN)C(=O)N[C@H](C(=O)N[C@@H](C)C(=O)N[C@@H](CCCCN)C(=O)N[C@@H](C)B3O[C@@H]4C[C@@H]5C[C@@H](C5(C)C)[C@]4(C)O3)C(C)O)c(N)c2)cc1. The Labute approximate surface area is 372 Å². The van der Waals surface area contributed by atoms with E-state index < -0.39 is 78.5 Å². The Bertz CT molecular complexity index is 1930. The number of hydrogen-bond donors (Lipinski definition) is 9. The van der Waals surface area contributed by atoms with Crippen LogP contribution in [0, 0.1) is 17.3 Å². The number of nitrogens with one attached hydrogen (secondary N) is 5. The quantitative estimate of drug-likeness (QED) is 0.0472. The van der Waals surface area contributed by atoms with Gasteiger partial charge in [-0.25, -0.2) is 0 Å². The van der Waals surface area contributed by atoms with Crippen molar-refractivity contribution in [3.8, 4) is 11.1 Å². The van der Waals surface area contributed by atoms with Gasteiger partial charge in [0.05, 0.1) is 29.3 Å². The second kappa shape index (κ2) is 21.4. The summed E-state index contributed by atoms with van der Waals surface area (Å²) in [6.07, 6.45) is 5.25. The maximum Gasteiger partial charge on any atom is 0.481 e. The van der Waals surface area contributed by atoms with Gasteiger partial charge in [-0.2, -0.15) is 0 Å². The van der Waals surface area contributed by atoms with Gasteiger partial charge in [0.15, 0.2) is 0 Å². The number of carbonyl (C=O) groups excluding carboxylic acids is 5. The predicted octanol–water partition coefficient (Wildman–Crippen LogP) is 2.48. The van der Waals surface area contributed by atoms with Gasteiger partial charge in [0.1, 0.15) is 24.2 Å². The summed E-state index contributed by atoms with van der Waals surface area (Å²) < 4.78 is 12.9. The zero-order chi connectivity index (χ0) is 46.2.